The maximum absolute atomic E-state index is 9.29. The van der Waals surface area contributed by atoms with Crippen LogP contribution >= 0.6 is 0 Å². The molecule has 2 heteroatoms. The van der Waals surface area contributed by atoms with Gasteiger partial charge in [0.2, 0.25) is 0 Å². The minimum Gasteiger partial charge on any atom is -0.508 e. The van der Waals surface area contributed by atoms with Gasteiger partial charge in [0.15, 0.2) is 0 Å². The van der Waals surface area contributed by atoms with Crippen LogP contribution in [0, 0.1) is 6.07 Å². The van der Waals surface area contributed by atoms with Crippen molar-refractivity contribution in [2.45, 2.75) is 0 Å². The molecule has 0 saturated heterocycles. The average Bonchev–Trinajstić information content (AvgIpc) is 2.27. The van der Waals surface area contributed by atoms with Crippen molar-refractivity contribution in [2.75, 3.05) is 0 Å². The van der Waals surface area contributed by atoms with E-state index in [1.54, 1.807) is 12.1 Å². The zero-order valence-corrected chi connectivity index (χ0v) is 8.59. The van der Waals surface area contributed by atoms with Gasteiger partial charge in [0, 0.05) is 6.07 Å². The smallest absolute Gasteiger partial charge is 0.119 e. The van der Waals surface area contributed by atoms with Crippen LogP contribution < -0.4 is 0 Å². The van der Waals surface area contributed by atoms with Crippen molar-refractivity contribution >= 4 is 12.2 Å². The Labute approximate surface area is 94.1 Å². The van der Waals surface area contributed by atoms with E-state index in [9.17, 15) is 10.2 Å². The van der Waals surface area contributed by atoms with Crippen LogP contribution in [0.15, 0.2) is 42.5 Å². The third-order valence-corrected chi connectivity index (χ3v) is 2.14. The van der Waals surface area contributed by atoms with Gasteiger partial charge in [0.25, 0.3) is 0 Å². The predicted octanol–water partition coefficient (Wildman–Crippen LogP) is 3.07. The molecule has 0 fully saturated rings. The second kappa shape index (κ2) is 4.53. The molecule has 2 N–H and O–H groups in total. The molecule has 0 saturated carbocycles. The molecule has 0 aliphatic carbocycles. The first-order valence-electron chi connectivity index (χ1n) is 4.91. The maximum atomic E-state index is 9.29. The highest BCUT2D eigenvalue weighted by Gasteiger charge is 1.95. The molecule has 0 spiro atoms. The normalized spacial score (nSPS) is 10.8. The molecule has 2 aromatic rings. The van der Waals surface area contributed by atoms with Crippen molar-refractivity contribution in [3.05, 3.63) is 59.7 Å². The minimum absolute atomic E-state index is 0.0565. The molecule has 0 aliphatic heterocycles. The van der Waals surface area contributed by atoms with Crippen LogP contribution in [-0.4, -0.2) is 10.2 Å². The Balaban J connectivity index is 2.24. The molecule has 16 heavy (non-hydrogen) atoms. The van der Waals surface area contributed by atoms with Crippen LogP contribution in [-0.2, 0) is 0 Å². The Morgan fingerprint density at radius 3 is 2.00 bits per heavy atom. The summed E-state index contributed by atoms with van der Waals surface area (Å²) in [5.41, 5.74) is 1.80. The first-order valence-corrected chi connectivity index (χ1v) is 4.91. The number of phenols is 2. The fraction of sp³-hybridized carbons (Fsp3) is 0. The van der Waals surface area contributed by atoms with E-state index >= 15 is 0 Å². The van der Waals surface area contributed by atoms with Gasteiger partial charge in [-0.1, -0.05) is 36.4 Å². The molecule has 0 aliphatic rings. The van der Waals surface area contributed by atoms with E-state index in [1.807, 2.05) is 36.4 Å². The minimum atomic E-state index is 0.0565. The summed E-state index contributed by atoms with van der Waals surface area (Å²) in [5, 5.41) is 18.6. The topological polar surface area (TPSA) is 40.5 Å². The maximum Gasteiger partial charge on any atom is 0.119 e. The lowest BCUT2D eigenvalue weighted by atomic mass is 10.1. The molecule has 0 heterocycles. The van der Waals surface area contributed by atoms with Gasteiger partial charge >= 0.3 is 0 Å². The van der Waals surface area contributed by atoms with Gasteiger partial charge in [-0.3, -0.25) is 0 Å². The number of aromatic hydroxyl groups is 2. The van der Waals surface area contributed by atoms with Gasteiger partial charge in [-0.2, -0.15) is 0 Å². The Morgan fingerprint density at radius 2 is 1.38 bits per heavy atom. The summed E-state index contributed by atoms with van der Waals surface area (Å²) in [7, 11) is 0. The largest absolute Gasteiger partial charge is 0.508 e. The van der Waals surface area contributed by atoms with Crippen LogP contribution in [0.1, 0.15) is 11.1 Å². The third kappa shape index (κ3) is 2.64. The lowest BCUT2D eigenvalue weighted by Crippen LogP contribution is -1.74. The molecule has 0 atom stereocenters. The number of hydrogen-bond acceptors (Lipinski definition) is 2. The molecule has 2 nitrogen and oxygen atoms in total. The van der Waals surface area contributed by atoms with E-state index in [-0.39, 0.29) is 11.5 Å². The van der Waals surface area contributed by atoms with Crippen molar-refractivity contribution in [2.24, 2.45) is 0 Å². The number of phenolic OH excluding ortho intramolecular Hbond substituents is 2. The molecule has 79 valence electrons. The van der Waals surface area contributed by atoms with E-state index in [0.29, 0.717) is 0 Å². The van der Waals surface area contributed by atoms with Crippen LogP contribution in [0.3, 0.4) is 0 Å². The molecule has 0 amide bonds. The standard InChI is InChI=1S/C14H11O2/c15-13-8-12(9-14(16)10-13)7-6-11-4-2-1-3-5-11/h2-10,15-16H/b7-6+. The van der Waals surface area contributed by atoms with E-state index in [0.717, 1.165) is 11.1 Å². The van der Waals surface area contributed by atoms with Gasteiger partial charge in [-0.15, -0.1) is 0 Å². The molecule has 0 bridgehead atoms. The zero-order chi connectivity index (χ0) is 11.4. The highest BCUT2D eigenvalue weighted by molar-refractivity contribution is 5.70. The molecule has 0 unspecified atom stereocenters. The predicted molar refractivity (Wildman–Crippen MR) is 64.0 cm³/mol. The van der Waals surface area contributed by atoms with E-state index in [2.05, 4.69) is 6.07 Å². The van der Waals surface area contributed by atoms with Crippen molar-refractivity contribution < 1.29 is 10.2 Å². The third-order valence-electron chi connectivity index (χ3n) is 2.14. The Morgan fingerprint density at radius 1 is 0.812 bits per heavy atom. The molecular formula is C14H11O2. The second-order valence-electron chi connectivity index (χ2n) is 3.45. The first kappa shape index (κ1) is 10.3. The highest BCUT2D eigenvalue weighted by atomic mass is 16.3. The lowest BCUT2D eigenvalue weighted by molar-refractivity contribution is 0.450. The molecule has 0 aromatic heterocycles. The monoisotopic (exact) mass is 211 g/mol. The quantitative estimate of drug-likeness (QED) is 0.749. The summed E-state index contributed by atoms with van der Waals surface area (Å²) in [6.45, 7) is 0. The summed E-state index contributed by atoms with van der Waals surface area (Å²) in [5.74, 6) is 0.113. The van der Waals surface area contributed by atoms with Crippen molar-refractivity contribution in [1.82, 2.24) is 0 Å². The van der Waals surface area contributed by atoms with Crippen LogP contribution in [0.25, 0.3) is 12.2 Å². The summed E-state index contributed by atoms with van der Waals surface area (Å²) >= 11 is 0. The van der Waals surface area contributed by atoms with Gasteiger partial charge < -0.3 is 10.2 Å². The second-order valence-corrected chi connectivity index (χ2v) is 3.45. The van der Waals surface area contributed by atoms with Gasteiger partial charge in [-0.05, 0) is 29.3 Å². The fourth-order valence-electron chi connectivity index (χ4n) is 1.42. The van der Waals surface area contributed by atoms with Gasteiger partial charge in [0.05, 0.1) is 0 Å². The van der Waals surface area contributed by atoms with Gasteiger partial charge in [0.1, 0.15) is 11.5 Å². The summed E-state index contributed by atoms with van der Waals surface area (Å²) in [6, 6.07) is 14.9. The van der Waals surface area contributed by atoms with Crippen molar-refractivity contribution in [1.29, 1.82) is 0 Å². The number of rotatable bonds is 2. The average molecular weight is 211 g/mol. The summed E-state index contributed by atoms with van der Waals surface area (Å²) in [4.78, 5) is 0. The zero-order valence-electron chi connectivity index (χ0n) is 8.59. The Kier molecular flexibility index (Phi) is 2.92. The van der Waals surface area contributed by atoms with E-state index in [1.165, 1.54) is 6.07 Å². The Bertz CT molecular complexity index is 481. The molecule has 2 rings (SSSR count). The molecular weight excluding hydrogens is 200 g/mol. The van der Waals surface area contributed by atoms with Crippen molar-refractivity contribution in [3.8, 4) is 11.5 Å². The number of benzene rings is 2. The highest BCUT2D eigenvalue weighted by Crippen LogP contribution is 2.21. The SMILES string of the molecule is Oc1cc(O)cc(/C=C/c2cc[c]cc2)c1. The summed E-state index contributed by atoms with van der Waals surface area (Å²) in [6.07, 6.45) is 3.73. The lowest BCUT2D eigenvalue weighted by Gasteiger charge is -1.98. The Hall–Kier alpha value is -2.22. The van der Waals surface area contributed by atoms with E-state index in [4.69, 9.17) is 0 Å². The van der Waals surface area contributed by atoms with Gasteiger partial charge in [-0.25, -0.2) is 0 Å². The van der Waals surface area contributed by atoms with Crippen molar-refractivity contribution in [3.63, 3.8) is 0 Å². The van der Waals surface area contributed by atoms with Crippen LogP contribution in [0.2, 0.25) is 0 Å². The van der Waals surface area contributed by atoms with E-state index < -0.39 is 0 Å². The molecule has 1 radical (unpaired) electrons. The van der Waals surface area contributed by atoms with Crippen LogP contribution in [0.5, 0.6) is 11.5 Å². The summed E-state index contributed by atoms with van der Waals surface area (Å²) < 4.78 is 0. The molecule has 2 aromatic carbocycles. The fourth-order valence-corrected chi connectivity index (χ4v) is 1.42. The first-order chi connectivity index (χ1) is 7.74. The number of hydrogen-bond donors (Lipinski definition) is 2. The van der Waals surface area contributed by atoms with Crippen LogP contribution in [0.4, 0.5) is 0 Å².